The maximum absolute atomic E-state index is 12.0. The largest absolute Gasteiger partial charge is 0.494 e. The van der Waals surface area contributed by atoms with E-state index in [1.54, 1.807) is 24.3 Å². The number of phosphoric ester groups is 1. The Hall–Kier alpha value is -3.00. The average molecular weight is 484 g/mol. The highest BCUT2D eigenvalue weighted by Crippen LogP contribution is 2.35. The summed E-state index contributed by atoms with van der Waals surface area (Å²) in [6, 6.07) is 24.5. The molecule has 5 N–H and O–H groups in total. The van der Waals surface area contributed by atoms with E-state index in [-0.39, 0.29) is 0 Å². The number of aryl methyl sites for hydroxylation is 1. The van der Waals surface area contributed by atoms with Gasteiger partial charge in [0.25, 0.3) is 0 Å². The molecule has 0 saturated heterocycles. The second kappa shape index (κ2) is 12.5. The maximum atomic E-state index is 12.0. The number of benzene rings is 3. The number of anilines is 1. The molecule has 0 aliphatic heterocycles. The minimum Gasteiger partial charge on any atom is -0.494 e. The minimum atomic E-state index is -4.67. The van der Waals surface area contributed by atoms with Gasteiger partial charge in [0.1, 0.15) is 11.8 Å². The summed E-state index contributed by atoms with van der Waals surface area (Å²) in [7, 11) is -4.67. The van der Waals surface area contributed by atoms with Gasteiger partial charge in [-0.2, -0.15) is 0 Å². The van der Waals surface area contributed by atoms with Crippen LogP contribution in [0.1, 0.15) is 18.4 Å². The van der Waals surface area contributed by atoms with Gasteiger partial charge in [-0.15, -0.1) is 0 Å². The molecule has 0 saturated carbocycles. The van der Waals surface area contributed by atoms with Crippen LogP contribution in [0.2, 0.25) is 0 Å². The van der Waals surface area contributed by atoms with Crippen molar-refractivity contribution in [3.8, 4) is 16.9 Å². The van der Waals surface area contributed by atoms with Crippen LogP contribution in [-0.2, 0) is 20.3 Å². The molecular formula is C25H29N2O6P. The van der Waals surface area contributed by atoms with Crippen LogP contribution in [0.15, 0.2) is 78.9 Å². The fourth-order valence-corrected chi connectivity index (χ4v) is 3.59. The Balaban J connectivity index is 1.35. The van der Waals surface area contributed by atoms with Crippen molar-refractivity contribution in [1.29, 1.82) is 0 Å². The predicted octanol–water partition coefficient (Wildman–Crippen LogP) is 4.13. The van der Waals surface area contributed by atoms with Gasteiger partial charge in [0.15, 0.2) is 0 Å². The summed E-state index contributed by atoms with van der Waals surface area (Å²) in [5.41, 5.74) is 9.78. The van der Waals surface area contributed by atoms with Crippen molar-refractivity contribution in [3.63, 3.8) is 0 Å². The van der Waals surface area contributed by atoms with E-state index in [2.05, 4.69) is 46.2 Å². The number of carbonyl (C=O) groups is 1. The first-order valence-electron chi connectivity index (χ1n) is 10.9. The van der Waals surface area contributed by atoms with Gasteiger partial charge in [-0.3, -0.25) is 9.32 Å². The SMILES string of the molecule is N[C@@H](COP(=O)(O)O)C(=O)Nc1ccc(OCCCCc2ccc(-c3ccccc3)cc2)cc1. The van der Waals surface area contributed by atoms with Gasteiger partial charge in [-0.25, -0.2) is 4.57 Å². The molecule has 3 rings (SSSR count). The van der Waals surface area contributed by atoms with Gasteiger partial charge in [0.2, 0.25) is 5.91 Å². The van der Waals surface area contributed by atoms with Crippen molar-refractivity contribution in [2.45, 2.75) is 25.3 Å². The quantitative estimate of drug-likeness (QED) is 0.225. The molecule has 3 aromatic rings. The van der Waals surface area contributed by atoms with Crippen molar-refractivity contribution in [2.24, 2.45) is 5.73 Å². The van der Waals surface area contributed by atoms with Crippen LogP contribution < -0.4 is 15.8 Å². The number of hydrogen-bond acceptors (Lipinski definition) is 5. The molecule has 0 fully saturated rings. The molecule has 0 spiro atoms. The van der Waals surface area contributed by atoms with Crippen LogP contribution in [-0.4, -0.2) is 34.9 Å². The van der Waals surface area contributed by atoms with Gasteiger partial charge in [-0.1, -0.05) is 54.6 Å². The zero-order valence-corrected chi connectivity index (χ0v) is 19.6. The normalized spacial score (nSPS) is 12.2. The zero-order valence-electron chi connectivity index (χ0n) is 18.7. The second-order valence-electron chi connectivity index (χ2n) is 7.77. The topological polar surface area (TPSA) is 131 Å². The molecule has 0 unspecified atom stereocenters. The van der Waals surface area contributed by atoms with Gasteiger partial charge >= 0.3 is 7.82 Å². The highest BCUT2D eigenvalue weighted by Gasteiger charge is 2.20. The molecule has 1 amide bonds. The summed E-state index contributed by atoms with van der Waals surface area (Å²) in [4.78, 5) is 29.3. The van der Waals surface area contributed by atoms with E-state index >= 15 is 0 Å². The maximum Gasteiger partial charge on any atom is 0.469 e. The van der Waals surface area contributed by atoms with E-state index in [1.165, 1.54) is 16.7 Å². The van der Waals surface area contributed by atoms with Crippen molar-refractivity contribution in [2.75, 3.05) is 18.5 Å². The third kappa shape index (κ3) is 8.74. The van der Waals surface area contributed by atoms with Gasteiger partial charge in [0, 0.05) is 5.69 Å². The lowest BCUT2D eigenvalue weighted by Gasteiger charge is -2.13. The van der Waals surface area contributed by atoms with Gasteiger partial charge < -0.3 is 25.6 Å². The molecule has 34 heavy (non-hydrogen) atoms. The Labute approximate surface area is 199 Å². The van der Waals surface area contributed by atoms with Crippen molar-refractivity contribution >= 4 is 19.4 Å². The average Bonchev–Trinajstić information content (AvgIpc) is 2.84. The van der Waals surface area contributed by atoms with Gasteiger partial charge in [-0.05, 0) is 60.2 Å². The van der Waals surface area contributed by atoms with Crippen molar-refractivity contribution in [3.05, 3.63) is 84.4 Å². The number of amides is 1. The molecule has 0 radical (unpaired) electrons. The van der Waals surface area contributed by atoms with Crippen LogP contribution in [0.25, 0.3) is 11.1 Å². The van der Waals surface area contributed by atoms with E-state index in [0.717, 1.165) is 19.3 Å². The molecule has 0 heterocycles. The lowest BCUT2D eigenvalue weighted by molar-refractivity contribution is -0.118. The third-order valence-electron chi connectivity index (χ3n) is 5.07. The number of nitrogens with two attached hydrogens (primary N) is 1. The van der Waals surface area contributed by atoms with Crippen LogP contribution in [0.5, 0.6) is 5.75 Å². The first-order chi connectivity index (χ1) is 16.3. The van der Waals surface area contributed by atoms with E-state index in [9.17, 15) is 9.36 Å². The van der Waals surface area contributed by atoms with Crippen molar-refractivity contribution < 1.29 is 28.4 Å². The van der Waals surface area contributed by atoms with Crippen LogP contribution >= 0.6 is 7.82 Å². The molecule has 9 heteroatoms. The fourth-order valence-electron chi connectivity index (χ4n) is 3.24. The molecule has 0 bridgehead atoms. The van der Waals surface area contributed by atoms with E-state index < -0.39 is 26.4 Å². The molecular weight excluding hydrogens is 455 g/mol. The Morgan fingerprint density at radius 1 is 0.912 bits per heavy atom. The summed E-state index contributed by atoms with van der Waals surface area (Å²) in [6.45, 7) is -0.00707. The smallest absolute Gasteiger partial charge is 0.469 e. The summed E-state index contributed by atoms with van der Waals surface area (Å²) in [5, 5.41) is 2.56. The number of phosphoric acid groups is 1. The number of nitrogens with one attached hydrogen (secondary N) is 1. The molecule has 8 nitrogen and oxygen atoms in total. The molecule has 0 aromatic heterocycles. The Morgan fingerprint density at radius 2 is 1.56 bits per heavy atom. The Morgan fingerprint density at radius 3 is 2.21 bits per heavy atom. The summed E-state index contributed by atoms with van der Waals surface area (Å²) < 4.78 is 20.7. The summed E-state index contributed by atoms with van der Waals surface area (Å²) >= 11 is 0. The molecule has 180 valence electrons. The molecule has 1 atom stereocenters. The summed E-state index contributed by atoms with van der Waals surface area (Å²) in [6.07, 6.45) is 2.90. The highest BCUT2D eigenvalue weighted by molar-refractivity contribution is 7.46. The molecule has 0 aliphatic rings. The van der Waals surface area contributed by atoms with Crippen molar-refractivity contribution in [1.82, 2.24) is 0 Å². The number of carbonyl (C=O) groups excluding carboxylic acids is 1. The summed E-state index contributed by atoms with van der Waals surface area (Å²) in [5.74, 6) is 0.0678. The lowest BCUT2D eigenvalue weighted by Crippen LogP contribution is -2.39. The first-order valence-corrected chi connectivity index (χ1v) is 12.5. The minimum absolute atomic E-state index is 0.489. The third-order valence-corrected chi connectivity index (χ3v) is 5.56. The predicted molar refractivity (Wildman–Crippen MR) is 131 cm³/mol. The Kier molecular flexibility index (Phi) is 9.39. The standard InChI is InChI=1S/C25H29N2O6P/c26-24(18-33-34(29,30)31)25(28)27-22-13-15-23(16-14-22)32-17-5-4-6-19-9-11-21(12-10-19)20-7-2-1-3-8-20/h1-3,7-16,24H,4-6,17-18,26H2,(H,27,28)(H2,29,30,31)/t24-/m0/s1. The highest BCUT2D eigenvalue weighted by atomic mass is 31.2. The second-order valence-corrected chi connectivity index (χ2v) is 9.01. The van der Waals surface area contributed by atoms with E-state index in [4.69, 9.17) is 20.3 Å². The number of unbranched alkanes of at least 4 members (excludes halogenated alkanes) is 1. The Bertz CT molecular complexity index is 1080. The molecule has 3 aromatic carbocycles. The van der Waals surface area contributed by atoms with Crippen LogP contribution in [0.4, 0.5) is 5.69 Å². The monoisotopic (exact) mass is 484 g/mol. The van der Waals surface area contributed by atoms with E-state index in [0.29, 0.717) is 18.0 Å². The number of hydrogen-bond donors (Lipinski definition) is 4. The number of ether oxygens (including phenoxy) is 1. The van der Waals surface area contributed by atoms with Gasteiger partial charge in [0.05, 0.1) is 13.2 Å². The fraction of sp³-hybridized carbons (Fsp3) is 0.240. The number of rotatable bonds is 12. The van der Waals surface area contributed by atoms with E-state index in [1.807, 2.05) is 18.2 Å². The lowest BCUT2D eigenvalue weighted by atomic mass is 10.0. The molecule has 0 aliphatic carbocycles. The van der Waals surface area contributed by atoms with Crippen LogP contribution in [0, 0.1) is 0 Å². The first kappa shape index (κ1) is 25.6. The zero-order chi connectivity index (χ0) is 24.4. The van der Waals surface area contributed by atoms with Crippen LogP contribution in [0.3, 0.4) is 0 Å².